The van der Waals surface area contributed by atoms with Gasteiger partial charge < -0.3 is 10.3 Å². The summed E-state index contributed by atoms with van der Waals surface area (Å²) in [6.45, 7) is 7.30. The van der Waals surface area contributed by atoms with Crippen molar-refractivity contribution in [3.05, 3.63) is 11.8 Å². The molecule has 0 unspecified atom stereocenters. The number of nitrogens with zero attached hydrogens (tertiary/aromatic N) is 1. The molecule has 4 heteroatoms. The SMILES string of the molecule is CCCCN(CCC)/C(C=N)=C/C(=N)C(C)=O. The van der Waals surface area contributed by atoms with Gasteiger partial charge in [-0.15, -0.1) is 0 Å². The van der Waals surface area contributed by atoms with Crippen LogP contribution in [0.25, 0.3) is 0 Å². The molecule has 0 saturated heterocycles. The fourth-order valence-electron chi connectivity index (χ4n) is 1.46. The summed E-state index contributed by atoms with van der Waals surface area (Å²) >= 11 is 0. The average molecular weight is 237 g/mol. The van der Waals surface area contributed by atoms with Crippen LogP contribution in [0.3, 0.4) is 0 Å². The lowest BCUT2D eigenvalue weighted by molar-refractivity contribution is -0.111. The van der Waals surface area contributed by atoms with Crippen molar-refractivity contribution in [3.8, 4) is 0 Å². The van der Waals surface area contributed by atoms with Crippen LogP contribution in [0.2, 0.25) is 0 Å². The summed E-state index contributed by atoms with van der Waals surface area (Å²) in [5, 5.41) is 14.9. The van der Waals surface area contributed by atoms with Crippen LogP contribution in [0.5, 0.6) is 0 Å². The Hall–Kier alpha value is -1.45. The first-order valence-electron chi connectivity index (χ1n) is 6.13. The van der Waals surface area contributed by atoms with Crippen LogP contribution in [0.1, 0.15) is 40.0 Å². The van der Waals surface area contributed by atoms with Gasteiger partial charge in [-0.3, -0.25) is 10.2 Å². The monoisotopic (exact) mass is 237 g/mol. The largest absolute Gasteiger partial charge is 0.370 e. The van der Waals surface area contributed by atoms with Crippen molar-refractivity contribution < 1.29 is 4.79 Å². The summed E-state index contributed by atoms with van der Waals surface area (Å²) in [5.41, 5.74) is 0.613. The second kappa shape index (κ2) is 8.67. The van der Waals surface area contributed by atoms with Crippen molar-refractivity contribution in [3.63, 3.8) is 0 Å². The number of hydrogen-bond acceptors (Lipinski definition) is 4. The molecule has 0 aliphatic heterocycles. The van der Waals surface area contributed by atoms with Crippen molar-refractivity contribution in [1.82, 2.24) is 4.90 Å². The fourth-order valence-corrected chi connectivity index (χ4v) is 1.46. The maximum Gasteiger partial charge on any atom is 0.177 e. The zero-order valence-corrected chi connectivity index (χ0v) is 11.0. The number of hydrogen-bond donors (Lipinski definition) is 2. The molecule has 0 fully saturated rings. The van der Waals surface area contributed by atoms with Gasteiger partial charge in [-0.05, 0) is 18.9 Å². The number of ketones is 1. The summed E-state index contributed by atoms with van der Waals surface area (Å²) in [6.07, 6.45) is 5.85. The molecule has 0 atom stereocenters. The second-order valence-electron chi connectivity index (χ2n) is 4.02. The van der Waals surface area contributed by atoms with Crippen LogP contribution in [0.15, 0.2) is 11.8 Å². The summed E-state index contributed by atoms with van der Waals surface area (Å²) in [6, 6.07) is 0. The van der Waals surface area contributed by atoms with Gasteiger partial charge in [0.25, 0.3) is 0 Å². The first-order chi connectivity index (χ1) is 8.06. The molecule has 0 aromatic carbocycles. The molecule has 0 amide bonds. The molecule has 17 heavy (non-hydrogen) atoms. The van der Waals surface area contributed by atoms with Crippen molar-refractivity contribution >= 4 is 17.7 Å². The first-order valence-corrected chi connectivity index (χ1v) is 6.13. The average Bonchev–Trinajstić information content (AvgIpc) is 2.31. The summed E-state index contributed by atoms with van der Waals surface area (Å²) in [4.78, 5) is 13.1. The lowest BCUT2D eigenvalue weighted by atomic mass is 10.2. The zero-order valence-electron chi connectivity index (χ0n) is 11.0. The van der Waals surface area contributed by atoms with E-state index in [2.05, 4.69) is 18.7 Å². The molecule has 0 radical (unpaired) electrons. The van der Waals surface area contributed by atoms with E-state index in [1.807, 2.05) is 0 Å². The third-order valence-corrected chi connectivity index (χ3v) is 2.46. The lowest BCUT2D eigenvalue weighted by Crippen LogP contribution is -2.27. The minimum Gasteiger partial charge on any atom is -0.370 e. The summed E-state index contributed by atoms with van der Waals surface area (Å²) < 4.78 is 0. The number of carbonyl (C=O) groups is 1. The van der Waals surface area contributed by atoms with Crippen LogP contribution in [0.4, 0.5) is 0 Å². The van der Waals surface area contributed by atoms with E-state index >= 15 is 0 Å². The van der Waals surface area contributed by atoms with Gasteiger partial charge in [0.05, 0.1) is 11.4 Å². The molecule has 0 rings (SSSR count). The van der Waals surface area contributed by atoms with Crippen LogP contribution in [-0.4, -0.2) is 35.7 Å². The first kappa shape index (κ1) is 15.6. The number of nitrogens with one attached hydrogen (secondary N) is 2. The molecule has 96 valence electrons. The Bertz CT molecular complexity index is 308. The van der Waals surface area contributed by atoms with Crippen molar-refractivity contribution in [2.24, 2.45) is 0 Å². The van der Waals surface area contributed by atoms with Gasteiger partial charge in [0, 0.05) is 26.2 Å². The van der Waals surface area contributed by atoms with Crippen LogP contribution < -0.4 is 0 Å². The predicted molar refractivity (Wildman–Crippen MR) is 72.0 cm³/mol. The topological polar surface area (TPSA) is 68.0 Å². The van der Waals surface area contributed by atoms with E-state index in [9.17, 15) is 4.79 Å². The molecule has 0 spiro atoms. The molecule has 0 bridgehead atoms. The number of unbranched alkanes of at least 4 members (excludes halogenated alkanes) is 1. The lowest BCUT2D eigenvalue weighted by Gasteiger charge is -2.24. The molecule has 0 aliphatic rings. The predicted octanol–water partition coefficient (Wildman–Crippen LogP) is 2.64. The van der Waals surface area contributed by atoms with E-state index in [1.54, 1.807) is 0 Å². The molecule has 0 aromatic rings. The standard InChI is InChI=1S/C13H23N3O/c1-4-6-8-16(7-5-2)12(10-14)9-13(15)11(3)17/h9-10,14-15H,4-8H2,1-3H3/b12-9+,14-10?,15-13?. The minimum absolute atomic E-state index is 0.0406. The van der Waals surface area contributed by atoms with Gasteiger partial charge in [0.1, 0.15) is 0 Å². The maximum atomic E-state index is 11.0. The Kier molecular flexibility index (Phi) is 7.93. The molecular formula is C13H23N3O. The normalized spacial score (nSPS) is 11.1. The maximum absolute atomic E-state index is 11.0. The van der Waals surface area contributed by atoms with Gasteiger partial charge in [-0.25, -0.2) is 0 Å². The quantitative estimate of drug-likeness (QED) is 0.605. The molecule has 4 nitrogen and oxygen atoms in total. The molecule has 0 saturated carbocycles. The third kappa shape index (κ3) is 6.00. The van der Waals surface area contributed by atoms with E-state index in [-0.39, 0.29) is 11.5 Å². The molecule has 0 heterocycles. The highest BCUT2D eigenvalue weighted by Crippen LogP contribution is 2.06. The Morgan fingerprint density at radius 2 is 1.88 bits per heavy atom. The van der Waals surface area contributed by atoms with E-state index in [0.29, 0.717) is 5.70 Å². The Balaban J connectivity index is 4.81. The summed E-state index contributed by atoms with van der Waals surface area (Å²) in [7, 11) is 0. The summed E-state index contributed by atoms with van der Waals surface area (Å²) in [5.74, 6) is -0.267. The van der Waals surface area contributed by atoms with E-state index in [4.69, 9.17) is 10.8 Å². The van der Waals surface area contributed by atoms with Crippen LogP contribution in [0, 0.1) is 10.8 Å². The Morgan fingerprint density at radius 1 is 1.24 bits per heavy atom. The highest BCUT2D eigenvalue weighted by atomic mass is 16.1. The van der Waals surface area contributed by atoms with Crippen LogP contribution >= 0.6 is 0 Å². The molecule has 2 N–H and O–H groups in total. The van der Waals surface area contributed by atoms with Gasteiger partial charge >= 0.3 is 0 Å². The van der Waals surface area contributed by atoms with Crippen molar-refractivity contribution in [2.45, 2.75) is 40.0 Å². The van der Waals surface area contributed by atoms with Crippen molar-refractivity contribution in [2.75, 3.05) is 13.1 Å². The number of Topliss-reactive ketones (excluding diaryl/α,β-unsaturated/α-hetero) is 1. The Labute approximate surface area is 104 Å². The smallest absolute Gasteiger partial charge is 0.177 e. The number of carbonyl (C=O) groups excluding carboxylic acids is 1. The van der Waals surface area contributed by atoms with Crippen LogP contribution in [-0.2, 0) is 4.79 Å². The van der Waals surface area contributed by atoms with Gasteiger partial charge in [0.2, 0.25) is 0 Å². The molecule has 0 aromatic heterocycles. The minimum atomic E-state index is -0.267. The molecular weight excluding hydrogens is 214 g/mol. The molecule has 0 aliphatic carbocycles. The van der Waals surface area contributed by atoms with Gasteiger partial charge in [-0.1, -0.05) is 20.3 Å². The van der Waals surface area contributed by atoms with E-state index in [1.165, 1.54) is 19.2 Å². The fraction of sp³-hybridized carbons (Fsp3) is 0.615. The van der Waals surface area contributed by atoms with Crippen molar-refractivity contribution in [1.29, 1.82) is 10.8 Å². The number of allylic oxidation sites excluding steroid dienone is 2. The number of rotatable bonds is 9. The third-order valence-electron chi connectivity index (χ3n) is 2.46. The van der Waals surface area contributed by atoms with Gasteiger partial charge in [-0.2, -0.15) is 0 Å². The van der Waals surface area contributed by atoms with E-state index in [0.717, 1.165) is 32.4 Å². The highest BCUT2D eigenvalue weighted by molar-refractivity contribution is 6.42. The highest BCUT2D eigenvalue weighted by Gasteiger charge is 2.08. The second-order valence-corrected chi connectivity index (χ2v) is 4.02. The Morgan fingerprint density at radius 3 is 2.29 bits per heavy atom. The van der Waals surface area contributed by atoms with E-state index < -0.39 is 0 Å². The van der Waals surface area contributed by atoms with Gasteiger partial charge in [0.15, 0.2) is 5.78 Å². The zero-order chi connectivity index (χ0) is 13.3.